The monoisotopic (exact) mass is 301 g/mol. The van der Waals surface area contributed by atoms with Crippen molar-refractivity contribution >= 4 is 5.97 Å². The van der Waals surface area contributed by atoms with Gasteiger partial charge in [0.1, 0.15) is 11.6 Å². The van der Waals surface area contributed by atoms with Crippen LogP contribution in [0.1, 0.15) is 15.9 Å². The number of carbonyl (C=O) groups excluding carboxylic acids is 1. The van der Waals surface area contributed by atoms with Crippen LogP contribution < -0.4 is 10.7 Å². The van der Waals surface area contributed by atoms with Crippen LogP contribution in [0.25, 0.3) is 11.4 Å². The summed E-state index contributed by atoms with van der Waals surface area (Å²) in [5.74, 6) is -3.56. The number of alkyl halides is 3. The predicted molar refractivity (Wildman–Crippen MR) is 59.6 cm³/mol. The molecule has 2 rings (SSSR count). The van der Waals surface area contributed by atoms with E-state index in [1.807, 2.05) is 4.98 Å². The predicted octanol–water partition coefficient (Wildman–Crippen LogP) is 0.958. The van der Waals surface area contributed by atoms with Crippen LogP contribution in [0.2, 0.25) is 0 Å². The minimum Gasteiger partial charge on any atom is -0.545 e. The fourth-order valence-electron chi connectivity index (χ4n) is 1.58. The molecule has 0 radical (unpaired) electrons. The van der Waals surface area contributed by atoms with Crippen molar-refractivity contribution in [1.82, 2.24) is 9.97 Å². The molecule has 1 heterocycles. The highest BCUT2D eigenvalue weighted by Crippen LogP contribution is 2.32. The highest BCUT2D eigenvalue weighted by molar-refractivity contribution is 5.84. The molecule has 0 spiro atoms. The molecule has 110 valence electrons. The molecule has 5 nitrogen and oxygen atoms in total. The molecule has 2 aromatic rings. The number of carboxylic acid groups (broad SMARTS) is 1. The Balaban J connectivity index is 2.49. The number of hydrogen-bond acceptors (Lipinski definition) is 4. The number of carbonyl (C=O) groups is 1. The van der Waals surface area contributed by atoms with Crippen LogP contribution in [0.3, 0.4) is 0 Å². The Morgan fingerprint density at radius 2 is 1.95 bits per heavy atom. The lowest BCUT2D eigenvalue weighted by Crippen LogP contribution is -2.30. The zero-order valence-electron chi connectivity index (χ0n) is 9.99. The second kappa shape index (κ2) is 5.00. The molecule has 21 heavy (non-hydrogen) atoms. The van der Waals surface area contributed by atoms with Gasteiger partial charge in [0, 0.05) is 11.8 Å². The highest BCUT2D eigenvalue weighted by Gasteiger charge is 2.34. The van der Waals surface area contributed by atoms with Gasteiger partial charge in [-0.05, 0) is 12.1 Å². The minimum absolute atomic E-state index is 0.137. The summed E-state index contributed by atoms with van der Waals surface area (Å²) in [6.07, 6.45) is -4.17. The minimum atomic E-state index is -4.84. The molecule has 0 fully saturated rings. The van der Waals surface area contributed by atoms with E-state index in [4.69, 9.17) is 0 Å². The van der Waals surface area contributed by atoms with Gasteiger partial charge < -0.3 is 14.9 Å². The third kappa shape index (κ3) is 2.91. The maximum Gasteiger partial charge on any atom is 0.419 e. The van der Waals surface area contributed by atoms with Crippen molar-refractivity contribution in [3.05, 3.63) is 51.7 Å². The van der Waals surface area contributed by atoms with Crippen molar-refractivity contribution in [3.63, 3.8) is 0 Å². The van der Waals surface area contributed by atoms with Crippen LogP contribution in [0, 0.1) is 5.82 Å². The normalized spacial score (nSPS) is 11.4. The number of rotatable bonds is 2. The summed E-state index contributed by atoms with van der Waals surface area (Å²) in [5, 5.41) is 10.5. The molecule has 0 aliphatic carbocycles. The summed E-state index contributed by atoms with van der Waals surface area (Å²) in [7, 11) is 0. The smallest absolute Gasteiger partial charge is 0.419 e. The van der Waals surface area contributed by atoms with Gasteiger partial charge >= 0.3 is 6.18 Å². The lowest BCUT2D eigenvalue weighted by atomic mass is 10.1. The Morgan fingerprint density at radius 3 is 2.43 bits per heavy atom. The first kappa shape index (κ1) is 14.7. The summed E-state index contributed by atoms with van der Waals surface area (Å²) in [4.78, 5) is 27.5. The molecule has 1 aromatic carbocycles. The van der Waals surface area contributed by atoms with Gasteiger partial charge in [-0.2, -0.15) is 13.2 Å². The number of H-pyrrole nitrogens is 1. The van der Waals surface area contributed by atoms with Crippen molar-refractivity contribution in [2.24, 2.45) is 0 Å². The number of hydrogen-bond donors (Lipinski definition) is 1. The maximum atomic E-state index is 13.4. The topological polar surface area (TPSA) is 85.9 Å². The zero-order valence-corrected chi connectivity index (χ0v) is 9.99. The molecular formula is C12H5F4N2O3-. The molecule has 0 unspecified atom stereocenters. The quantitative estimate of drug-likeness (QED) is 0.837. The maximum absolute atomic E-state index is 13.4. The van der Waals surface area contributed by atoms with Gasteiger partial charge in [0.25, 0.3) is 5.56 Å². The van der Waals surface area contributed by atoms with Gasteiger partial charge in [-0.3, -0.25) is 4.79 Å². The van der Waals surface area contributed by atoms with E-state index in [2.05, 4.69) is 4.98 Å². The Kier molecular flexibility index (Phi) is 3.50. The second-order valence-corrected chi connectivity index (χ2v) is 3.95. The van der Waals surface area contributed by atoms with E-state index >= 15 is 0 Å². The van der Waals surface area contributed by atoms with Crippen molar-refractivity contribution in [1.29, 1.82) is 0 Å². The molecule has 1 N–H and O–H groups in total. The fraction of sp³-hybridized carbons (Fsp3) is 0.0833. The first-order valence-corrected chi connectivity index (χ1v) is 5.38. The first-order chi connectivity index (χ1) is 9.70. The molecule has 0 atom stereocenters. The average molecular weight is 301 g/mol. The first-order valence-electron chi connectivity index (χ1n) is 5.38. The Labute approximate surface area is 113 Å². The van der Waals surface area contributed by atoms with Crippen LogP contribution in [-0.4, -0.2) is 15.9 Å². The number of nitrogens with zero attached hydrogens (tertiary/aromatic N) is 1. The zero-order chi connectivity index (χ0) is 15.8. The Morgan fingerprint density at radius 1 is 1.29 bits per heavy atom. The van der Waals surface area contributed by atoms with Gasteiger partial charge in [0.15, 0.2) is 0 Å². The van der Waals surface area contributed by atoms with Crippen LogP contribution in [0.15, 0.2) is 29.2 Å². The van der Waals surface area contributed by atoms with Crippen LogP contribution in [0.5, 0.6) is 0 Å². The molecule has 0 aliphatic rings. The lowest BCUT2D eigenvalue weighted by Gasteiger charge is -2.09. The summed E-state index contributed by atoms with van der Waals surface area (Å²) in [5.41, 5.74) is -3.39. The van der Waals surface area contributed by atoms with E-state index < -0.39 is 34.6 Å². The molecule has 0 amide bonds. The molecule has 0 saturated carbocycles. The van der Waals surface area contributed by atoms with E-state index in [1.165, 1.54) is 0 Å². The van der Waals surface area contributed by atoms with Gasteiger partial charge in [0.2, 0.25) is 0 Å². The molecule has 0 saturated heterocycles. The summed E-state index contributed by atoms with van der Waals surface area (Å²) in [6.45, 7) is 0. The summed E-state index contributed by atoms with van der Waals surface area (Å²) in [6, 6.07) is 1.94. The highest BCUT2D eigenvalue weighted by atomic mass is 19.4. The van der Waals surface area contributed by atoms with Crippen molar-refractivity contribution < 1.29 is 27.5 Å². The van der Waals surface area contributed by atoms with Crippen LogP contribution in [-0.2, 0) is 6.18 Å². The average Bonchev–Trinajstić information content (AvgIpc) is 2.36. The largest absolute Gasteiger partial charge is 0.545 e. The number of aromatic nitrogens is 2. The van der Waals surface area contributed by atoms with E-state index in [9.17, 15) is 32.3 Å². The number of nitrogens with one attached hydrogen (secondary N) is 1. The number of benzene rings is 1. The third-order valence-corrected chi connectivity index (χ3v) is 2.57. The molecule has 1 aromatic heterocycles. The molecule has 0 aliphatic heterocycles. The van der Waals surface area contributed by atoms with Crippen LogP contribution in [0.4, 0.5) is 17.6 Å². The summed E-state index contributed by atoms with van der Waals surface area (Å²) < 4.78 is 50.6. The van der Waals surface area contributed by atoms with E-state index in [0.717, 1.165) is 6.07 Å². The number of halogens is 4. The lowest BCUT2D eigenvalue weighted by molar-refractivity contribution is -0.255. The van der Waals surface area contributed by atoms with Crippen molar-refractivity contribution in [3.8, 4) is 11.4 Å². The van der Waals surface area contributed by atoms with Gasteiger partial charge in [-0.25, -0.2) is 9.37 Å². The second-order valence-electron chi connectivity index (χ2n) is 3.95. The molecule has 9 heteroatoms. The molecular weight excluding hydrogens is 296 g/mol. The summed E-state index contributed by atoms with van der Waals surface area (Å²) >= 11 is 0. The van der Waals surface area contributed by atoms with Crippen LogP contribution >= 0.6 is 0 Å². The fourth-order valence-corrected chi connectivity index (χ4v) is 1.58. The Hall–Kier alpha value is -2.71. The number of aromatic carboxylic acids is 1. The van der Waals surface area contributed by atoms with Crippen molar-refractivity contribution in [2.45, 2.75) is 6.18 Å². The Bertz CT molecular complexity index is 768. The molecule has 0 bridgehead atoms. The number of carboxylic acids is 1. The standard InChI is InChI=1S/C12H6F4N2O3/c13-8-3-5(1-2-7(8)12(14,15)16)9-17-4-6(11(20)21)10(19)18-9/h1-4H,(H,20,21)(H,17,18,19)/p-1. The van der Waals surface area contributed by atoms with E-state index in [-0.39, 0.29) is 11.4 Å². The van der Waals surface area contributed by atoms with Gasteiger partial charge in [0.05, 0.1) is 17.1 Å². The van der Waals surface area contributed by atoms with E-state index in [0.29, 0.717) is 18.3 Å². The van der Waals surface area contributed by atoms with Crippen molar-refractivity contribution in [2.75, 3.05) is 0 Å². The van der Waals surface area contributed by atoms with E-state index in [1.54, 1.807) is 0 Å². The van der Waals surface area contributed by atoms with Gasteiger partial charge in [-0.15, -0.1) is 0 Å². The van der Waals surface area contributed by atoms with Gasteiger partial charge in [-0.1, -0.05) is 6.07 Å². The SMILES string of the molecule is O=C([O-])c1cnc(-c2ccc(C(F)(F)F)c(F)c2)[nH]c1=O. The number of aromatic amines is 1. The third-order valence-electron chi connectivity index (χ3n) is 2.57.